The molecule has 5 nitrogen and oxygen atoms in total. The molecular formula is C18H23FN4O. The van der Waals surface area contributed by atoms with Gasteiger partial charge in [-0.1, -0.05) is 12.1 Å². The van der Waals surface area contributed by atoms with Crippen LogP contribution in [0.25, 0.3) is 0 Å². The molecule has 1 heterocycles. The minimum absolute atomic E-state index is 0.171. The second kappa shape index (κ2) is 7.97. The molecule has 0 bridgehead atoms. The first-order chi connectivity index (χ1) is 11.4. The Morgan fingerprint density at radius 1 is 1.21 bits per heavy atom. The van der Waals surface area contributed by atoms with E-state index < -0.39 is 6.04 Å². The number of benzene rings is 1. The summed E-state index contributed by atoms with van der Waals surface area (Å²) < 4.78 is 13.4. The smallest absolute Gasteiger partial charge is 0.241 e. The van der Waals surface area contributed by atoms with Gasteiger partial charge in [-0.15, -0.1) is 0 Å². The summed E-state index contributed by atoms with van der Waals surface area (Å²) in [6, 6.07) is 7.48. The molecule has 2 aromatic rings. The van der Waals surface area contributed by atoms with E-state index in [2.05, 4.69) is 15.3 Å². The van der Waals surface area contributed by atoms with Crippen molar-refractivity contribution in [3.8, 4) is 0 Å². The number of carbonyl (C=O) groups is 1. The molecule has 0 fully saturated rings. The molecule has 2 rings (SSSR count). The number of aryl methyl sites for hydroxylation is 2. The Bertz CT molecular complexity index is 698. The fourth-order valence-corrected chi connectivity index (χ4v) is 2.67. The predicted molar refractivity (Wildman–Crippen MR) is 91.0 cm³/mol. The maximum Gasteiger partial charge on any atom is 0.241 e. The second-order valence-corrected chi connectivity index (χ2v) is 6.03. The van der Waals surface area contributed by atoms with E-state index in [1.165, 1.54) is 12.1 Å². The molecule has 1 atom stereocenters. The second-order valence-electron chi connectivity index (χ2n) is 6.03. The molecule has 1 N–H and O–H groups in total. The molecule has 6 heteroatoms. The van der Waals surface area contributed by atoms with Gasteiger partial charge in [-0.3, -0.25) is 9.69 Å². The Hall–Kier alpha value is -2.34. The van der Waals surface area contributed by atoms with Gasteiger partial charge in [0.15, 0.2) is 0 Å². The summed E-state index contributed by atoms with van der Waals surface area (Å²) in [7, 11) is 3.59. The fraction of sp³-hybridized carbons (Fsp3) is 0.389. The molecule has 0 aliphatic carbocycles. The van der Waals surface area contributed by atoms with Gasteiger partial charge in [0.1, 0.15) is 17.7 Å². The van der Waals surface area contributed by atoms with Crippen molar-refractivity contribution in [1.29, 1.82) is 0 Å². The van der Waals surface area contributed by atoms with Crippen LogP contribution in [-0.4, -0.2) is 41.4 Å². The summed E-state index contributed by atoms with van der Waals surface area (Å²) in [4.78, 5) is 23.0. The highest BCUT2D eigenvalue weighted by Gasteiger charge is 2.22. The molecule has 0 aliphatic rings. The first-order valence-corrected chi connectivity index (χ1v) is 7.87. The number of aromatic nitrogens is 2. The summed E-state index contributed by atoms with van der Waals surface area (Å²) in [5.74, 6) is 0.186. The Morgan fingerprint density at radius 2 is 1.88 bits per heavy atom. The summed E-state index contributed by atoms with van der Waals surface area (Å²) in [5, 5.41) is 2.89. The lowest BCUT2D eigenvalue weighted by Crippen LogP contribution is -2.38. The number of hydrogen-bond donors (Lipinski definition) is 1. The fourth-order valence-electron chi connectivity index (χ4n) is 2.67. The van der Waals surface area contributed by atoms with Crippen LogP contribution in [0, 0.1) is 19.7 Å². The molecule has 24 heavy (non-hydrogen) atoms. The number of likely N-dealkylation sites (N-methyl/N-ethyl adjacent to an activating group) is 1. The van der Waals surface area contributed by atoms with E-state index in [0.717, 1.165) is 11.4 Å². The van der Waals surface area contributed by atoms with Crippen molar-refractivity contribution in [3.05, 3.63) is 58.9 Å². The average molecular weight is 330 g/mol. The van der Waals surface area contributed by atoms with Crippen molar-refractivity contribution >= 4 is 5.91 Å². The molecule has 0 radical (unpaired) electrons. The van der Waals surface area contributed by atoms with E-state index in [1.807, 2.05) is 19.9 Å². The maximum atomic E-state index is 13.4. The topological polar surface area (TPSA) is 58.1 Å². The third-order valence-corrected chi connectivity index (χ3v) is 3.61. The van der Waals surface area contributed by atoms with Crippen molar-refractivity contribution < 1.29 is 9.18 Å². The third kappa shape index (κ3) is 4.83. The van der Waals surface area contributed by atoms with Gasteiger partial charge in [0, 0.05) is 24.4 Å². The van der Waals surface area contributed by atoms with Crippen LogP contribution in [0.15, 0.2) is 30.3 Å². The summed E-state index contributed by atoms with van der Waals surface area (Å²) >= 11 is 0. The number of rotatable bonds is 6. The zero-order valence-corrected chi connectivity index (χ0v) is 14.5. The van der Waals surface area contributed by atoms with Crippen molar-refractivity contribution in [3.63, 3.8) is 0 Å². The summed E-state index contributed by atoms with van der Waals surface area (Å²) in [5.41, 5.74) is 2.45. The molecule has 0 unspecified atom stereocenters. The average Bonchev–Trinajstić information content (AvgIpc) is 2.46. The predicted octanol–water partition coefficient (Wildman–Crippen LogP) is 2.19. The van der Waals surface area contributed by atoms with Crippen LogP contribution in [0.1, 0.15) is 28.8 Å². The highest BCUT2D eigenvalue weighted by Crippen LogP contribution is 2.19. The minimum Gasteiger partial charge on any atom is -0.354 e. The Balaban J connectivity index is 2.01. The summed E-state index contributed by atoms with van der Waals surface area (Å²) in [6.45, 7) is 4.27. The lowest BCUT2D eigenvalue weighted by molar-refractivity contribution is -0.125. The Kier molecular flexibility index (Phi) is 5.98. The van der Waals surface area contributed by atoms with Crippen molar-refractivity contribution in [2.45, 2.75) is 26.3 Å². The first-order valence-electron chi connectivity index (χ1n) is 7.87. The van der Waals surface area contributed by atoms with Crippen LogP contribution in [0.5, 0.6) is 0 Å². The van der Waals surface area contributed by atoms with E-state index in [4.69, 9.17) is 0 Å². The van der Waals surface area contributed by atoms with Crippen LogP contribution in [0.4, 0.5) is 4.39 Å². The molecule has 0 aliphatic heterocycles. The normalized spacial score (nSPS) is 12.2. The van der Waals surface area contributed by atoms with Gasteiger partial charge in [-0.05, 0) is 51.7 Å². The lowest BCUT2D eigenvalue weighted by Gasteiger charge is -2.23. The van der Waals surface area contributed by atoms with E-state index in [1.54, 1.807) is 31.1 Å². The van der Waals surface area contributed by atoms with Crippen LogP contribution in [0.3, 0.4) is 0 Å². The van der Waals surface area contributed by atoms with Gasteiger partial charge in [0.05, 0.1) is 0 Å². The number of hydrogen-bond acceptors (Lipinski definition) is 4. The number of nitrogens with zero attached hydrogens (tertiary/aromatic N) is 3. The van der Waals surface area contributed by atoms with Crippen LogP contribution in [-0.2, 0) is 11.2 Å². The van der Waals surface area contributed by atoms with Gasteiger partial charge in [-0.25, -0.2) is 14.4 Å². The lowest BCUT2D eigenvalue weighted by atomic mass is 10.1. The number of amides is 1. The van der Waals surface area contributed by atoms with Gasteiger partial charge in [-0.2, -0.15) is 0 Å². The SMILES string of the molecule is Cc1cc(C)nc(CCNC(=O)[C@H](c2cccc(F)c2)N(C)C)n1. The third-order valence-electron chi connectivity index (χ3n) is 3.61. The number of nitrogens with one attached hydrogen (secondary N) is 1. The molecule has 1 amide bonds. The Labute approximate surface area is 141 Å². The quantitative estimate of drug-likeness (QED) is 0.882. The van der Waals surface area contributed by atoms with Crippen LogP contribution in [0.2, 0.25) is 0 Å². The number of carbonyl (C=O) groups excluding carboxylic acids is 1. The van der Waals surface area contributed by atoms with Gasteiger partial charge >= 0.3 is 0 Å². The first kappa shape index (κ1) is 18.0. The van der Waals surface area contributed by atoms with Gasteiger partial charge in [0.25, 0.3) is 0 Å². The largest absolute Gasteiger partial charge is 0.354 e. The standard InChI is InChI=1S/C18H23FN4O/c1-12-10-13(2)22-16(21-12)8-9-20-18(24)17(23(3)4)14-6-5-7-15(19)11-14/h5-7,10-11,17H,8-9H2,1-4H3,(H,20,24)/t17-/m0/s1. The van der Waals surface area contributed by atoms with E-state index in [0.29, 0.717) is 24.4 Å². The van der Waals surface area contributed by atoms with Crippen molar-refractivity contribution in [2.24, 2.45) is 0 Å². The molecule has 128 valence electrons. The number of halogens is 1. The molecule has 0 saturated heterocycles. The zero-order valence-electron chi connectivity index (χ0n) is 14.5. The van der Waals surface area contributed by atoms with Crippen molar-refractivity contribution in [1.82, 2.24) is 20.2 Å². The zero-order chi connectivity index (χ0) is 17.7. The minimum atomic E-state index is -0.541. The maximum absolute atomic E-state index is 13.4. The highest BCUT2D eigenvalue weighted by atomic mass is 19.1. The molecule has 0 saturated carbocycles. The molecule has 1 aromatic heterocycles. The van der Waals surface area contributed by atoms with Crippen molar-refractivity contribution in [2.75, 3.05) is 20.6 Å². The van der Waals surface area contributed by atoms with Crippen LogP contribution < -0.4 is 5.32 Å². The summed E-state index contributed by atoms with van der Waals surface area (Å²) in [6.07, 6.45) is 0.553. The van der Waals surface area contributed by atoms with Crippen LogP contribution >= 0.6 is 0 Å². The van der Waals surface area contributed by atoms with E-state index in [-0.39, 0.29) is 11.7 Å². The molecule has 0 spiro atoms. The van der Waals surface area contributed by atoms with E-state index >= 15 is 0 Å². The van der Waals surface area contributed by atoms with E-state index in [9.17, 15) is 9.18 Å². The highest BCUT2D eigenvalue weighted by molar-refractivity contribution is 5.83. The van der Waals surface area contributed by atoms with Gasteiger partial charge in [0.2, 0.25) is 5.91 Å². The Morgan fingerprint density at radius 3 is 2.46 bits per heavy atom. The van der Waals surface area contributed by atoms with Gasteiger partial charge < -0.3 is 5.32 Å². The molecule has 1 aromatic carbocycles. The monoisotopic (exact) mass is 330 g/mol. The molecular weight excluding hydrogens is 307 g/mol.